The molecule has 5 heteroatoms. The third kappa shape index (κ3) is 2.93. The topological polar surface area (TPSA) is 52.0 Å². The highest BCUT2D eigenvalue weighted by Crippen LogP contribution is 2.44. The second-order valence-electron chi connectivity index (χ2n) is 7.42. The molecule has 1 aromatic heterocycles. The van der Waals surface area contributed by atoms with Gasteiger partial charge in [-0.1, -0.05) is 27.2 Å². The summed E-state index contributed by atoms with van der Waals surface area (Å²) in [7, 11) is 0. The van der Waals surface area contributed by atoms with Crippen LogP contribution in [0.15, 0.2) is 0 Å². The molecule has 0 aromatic carbocycles. The van der Waals surface area contributed by atoms with E-state index in [0.717, 1.165) is 44.1 Å². The number of hydrogen-bond acceptors (Lipinski definition) is 4. The summed E-state index contributed by atoms with van der Waals surface area (Å²) in [4.78, 5) is 4.63. The van der Waals surface area contributed by atoms with Gasteiger partial charge in [0.15, 0.2) is 0 Å². The van der Waals surface area contributed by atoms with Gasteiger partial charge in [0.25, 0.3) is 0 Å². The maximum absolute atomic E-state index is 6.05. The van der Waals surface area contributed by atoms with Crippen LogP contribution in [0.1, 0.15) is 70.6 Å². The van der Waals surface area contributed by atoms with Crippen LogP contribution in [0.25, 0.3) is 0 Å². The summed E-state index contributed by atoms with van der Waals surface area (Å²) in [5.74, 6) is 2.01. The quantitative estimate of drug-likeness (QED) is 0.821. The molecular formula is C17H30N4O. The van der Waals surface area contributed by atoms with Crippen LogP contribution in [0.5, 0.6) is 0 Å². The van der Waals surface area contributed by atoms with Gasteiger partial charge >= 0.3 is 0 Å². The van der Waals surface area contributed by atoms with Crippen LogP contribution in [0.2, 0.25) is 0 Å². The fraction of sp³-hybridized carbons (Fsp3) is 0.882. The number of nitrogens with zero attached hydrogens (tertiary/aromatic N) is 3. The lowest BCUT2D eigenvalue weighted by Crippen LogP contribution is -2.61. The molecule has 1 aromatic rings. The Morgan fingerprint density at radius 3 is 2.95 bits per heavy atom. The van der Waals surface area contributed by atoms with Gasteiger partial charge in [-0.15, -0.1) is 0 Å². The predicted molar refractivity (Wildman–Crippen MR) is 86.7 cm³/mol. The van der Waals surface area contributed by atoms with Gasteiger partial charge in [-0.2, -0.15) is 5.10 Å². The summed E-state index contributed by atoms with van der Waals surface area (Å²) in [6.45, 7) is 10.7. The fourth-order valence-electron chi connectivity index (χ4n) is 3.69. The average Bonchev–Trinajstić information content (AvgIpc) is 2.86. The van der Waals surface area contributed by atoms with E-state index in [1.807, 2.05) is 6.92 Å². The van der Waals surface area contributed by atoms with Gasteiger partial charge in [0.2, 0.25) is 0 Å². The first-order valence-corrected chi connectivity index (χ1v) is 8.81. The molecule has 5 nitrogen and oxygen atoms in total. The van der Waals surface area contributed by atoms with E-state index in [2.05, 4.69) is 40.9 Å². The van der Waals surface area contributed by atoms with E-state index in [9.17, 15) is 0 Å². The molecule has 0 spiro atoms. The van der Waals surface area contributed by atoms with Gasteiger partial charge in [0.1, 0.15) is 11.6 Å². The van der Waals surface area contributed by atoms with Crippen LogP contribution < -0.4 is 5.32 Å². The van der Waals surface area contributed by atoms with Crippen molar-refractivity contribution >= 4 is 0 Å². The summed E-state index contributed by atoms with van der Waals surface area (Å²) in [6.07, 6.45) is 6.20. The molecule has 1 saturated carbocycles. The summed E-state index contributed by atoms with van der Waals surface area (Å²) in [5.41, 5.74) is 0.199. The largest absolute Gasteiger partial charge is 0.378 e. The molecule has 2 aliphatic rings. The molecule has 2 heterocycles. The molecule has 1 fully saturated rings. The van der Waals surface area contributed by atoms with Crippen molar-refractivity contribution in [1.29, 1.82) is 0 Å². The van der Waals surface area contributed by atoms with Crippen molar-refractivity contribution in [2.24, 2.45) is 5.41 Å². The number of rotatable bonds is 6. The smallest absolute Gasteiger partial charge is 0.147 e. The van der Waals surface area contributed by atoms with E-state index in [0.29, 0.717) is 18.2 Å². The van der Waals surface area contributed by atoms with Crippen molar-refractivity contribution in [2.45, 2.75) is 84.5 Å². The molecule has 0 radical (unpaired) electrons. The molecule has 3 atom stereocenters. The van der Waals surface area contributed by atoms with E-state index in [4.69, 9.17) is 4.74 Å². The van der Waals surface area contributed by atoms with E-state index < -0.39 is 0 Å². The van der Waals surface area contributed by atoms with Crippen molar-refractivity contribution in [3.63, 3.8) is 0 Å². The summed E-state index contributed by atoms with van der Waals surface area (Å²) in [6, 6.07) is 0.850. The highest BCUT2D eigenvalue weighted by atomic mass is 16.5. The van der Waals surface area contributed by atoms with Gasteiger partial charge < -0.3 is 10.1 Å². The van der Waals surface area contributed by atoms with E-state index in [-0.39, 0.29) is 5.41 Å². The zero-order valence-corrected chi connectivity index (χ0v) is 14.4. The molecule has 1 N–H and O–H groups in total. The minimum absolute atomic E-state index is 0.199. The first kappa shape index (κ1) is 15.9. The lowest BCUT2D eigenvalue weighted by atomic mass is 9.64. The van der Waals surface area contributed by atoms with Gasteiger partial charge in [-0.25, -0.2) is 9.67 Å². The minimum atomic E-state index is 0.199. The number of fused-ring (bicyclic) bond motifs is 1. The molecule has 0 unspecified atom stereocenters. The standard InChI is InChI=1S/C17H30N4O/c1-5-6-10-22-15-11-14(17(15,3)4)19-13-8-7-9-21-16(13)18-12(2)20-21/h13-15,19H,5-11H2,1-4H3/t13-,14+,15+/m0/s1. The van der Waals surface area contributed by atoms with Crippen LogP contribution in [-0.2, 0) is 11.3 Å². The van der Waals surface area contributed by atoms with Crippen molar-refractivity contribution in [3.05, 3.63) is 11.6 Å². The van der Waals surface area contributed by atoms with Crippen LogP contribution in [0, 0.1) is 12.3 Å². The Hall–Kier alpha value is -0.940. The van der Waals surface area contributed by atoms with Gasteiger partial charge in [0, 0.05) is 24.6 Å². The molecule has 124 valence electrons. The highest BCUT2D eigenvalue weighted by molar-refractivity contribution is 5.08. The Bertz CT molecular complexity index is 511. The average molecular weight is 306 g/mol. The number of aromatic nitrogens is 3. The first-order valence-electron chi connectivity index (χ1n) is 8.81. The first-order chi connectivity index (χ1) is 10.5. The van der Waals surface area contributed by atoms with Crippen molar-refractivity contribution < 1.29 is 4.74 Å². The number of nitrogens with one attached hydrogen (secondary N) is 1. The normalized spacial score (nSPS) is 29.9. The Morgan fingerprint density at radius 2 is 2.23 bits per heavy atom. The van der Waals surface area contributed by atoms with Crippen LogP contribution >= 0.6 is 0 Å². The van der Waals surface area contributed by atoms with Gasteiger partial charge in [0.05, 0.1) is 12.1 Å². The van der Waals surface area contributed by atoms with Gasteiger partial charge in [-0.3, -0.25) is 0 Å². The van der Waals surface area contributed by atoms with Crippen LogP contribution in [-0.4, -0.2) is 33.5 Å². The second-order valence-corrected chi connectivity index (χ2v) is 7.42. The summed E-state index contributed by atoms with van der Waals surface area (Å²) >= 11 is 0. The molecule has 0 bridgehead atoms. The molecular weight excluding hydrogens is 276 g/mol. The van der Waals surface area contributed by atoms with Crippen molar-refractivity contribution in [1.82, 2.24) is 20.1 Å². The van der Waals surface area contributed by atoms with Crippen LogP contribution in [0.4, 0.5) is 0 Å². The zero-order valence-electron chi connectivity index (χ0n) is 14.4. The molecule has 1 aliphatic carbocycles. The highest BCUT2D eigenvalue weighted by Gasteiger charge is 2.49. The molecule has 3 rings (SSSR count). The lowest BCUT2D eigenvalue weighted by Gasteiger charge is -2.53. The maximum Gasteiger partial charge on any atom is 0.147 e. The third-order valence-electron chi connectivity index (χ3n) is 5.38. The van der Waals surface area contributed by atoms with Crippen molar-refractivity contribution in [2.75, 3.05) is 6.61 Å². The zero-order chi connectivity index (χ0) is 15.7. The van der Waals surface area contributed by atoms with E-state index in [1.54, 1.807) is 0 Å². The third-order valence-corrected chi connectivity index (χ3v) is 5.38. The van der Waals surface area contributed by atoms with Gasteiger partial charge in [-0.05, 0) is 32.6 Å². The number of ether oxygens (including phenoxy) is 1. The number of aryl methyl sites for hydroxylation is 2. The molecule has 0 saturated heterocycles. The number of unbranched alkanes of at least 4 members (excludes halogenated alkanes) is 1. The van der Waals surface area contributed by atoms with E-state index in [1.165, 1.54) is 12.8 Å². The lowest BCUT2D eigenvalue weighted by molar-refractivity contribution is -0.121. The van der Waals surface area contributed by atoms with E-state index >= 15 is 0 Å². The Kier molecular flexibility index (Phi) is 4.55. The van der Waals surface area contributed by atoms with Crippen molar-refractivity contribution in [3.8, 4) is 0 Å². The monoisotopic (exact) mass is 306 g/mol. The Labute approximate surface area is 133 Å². The molecule has 22 heavy (non-hydrogen) atoms. The predicted octanol–water partition coefficient (Wildman–Crippen LogP) is 2.99. The van der Waals surface area contributed by atoms with Crippen LogP contribution in [0.3, 0.4) is 0 Å². The molecule has 0 amide bonds. The SMILES string of the molecule is CCCCO[C@@H]1C[C@@H](N[C@H]2CCCn3nc(C)nc32)C1(C)C. The Balaban J connectivity index is 1.59. The number of hydrogen-bond donors (Lipinski definition) is 1. The summed E-state index contributed by atoms with van der Waals surface area (Å²) < 4.78 is 8.13. The fourth-order valence-corrected chi connectivity index (χ4v) is 3.69. The second kappa shape index (κ2) is 6.28. The Morgan fingerprint density at radius 1 is 1.41 bits per heavy atom. The summed E-state index contributed by atoms with van der Waals surface area (Å²) in [5, 5.41) is 8.33. The minimum Gasteiger partial charge on any atom is -0.378 e. The molecule has 1 aliphatic heterocycles. The maximum atomic E-state index is 6.05.